The molecular weight excluding hydrogens is 236 g/mol. The minimum Gasteiger partial charge on any atom is -0.487 e. The van der Waals surface area contributed by atoms with Gasteiger partial charge in [0.1, 0.15) is 17.6 Å². The first kappa shape index (κ1) is 12.4. The molecule has 0 radical (unpaired) electrons. The van der Waals surface area contributed by atoms with Gasteiger partial charge in [0.2, 0.25) is 0 Å². The second-order valence-electron chi connectivity index (χ2n) is 5.84. The summed E-state index contributed by atoms with van der Waals surface area (Å²) in [6.45, 7) is 6.33. The second-order valence-corrected chi connectivity index (χ2v) is 5.84. The largest absolute Gasteiger partial charge is 0.487 e. The Kier molecular flexibility index (Phi) is 3.15. The number of nitrogens with zero attached hydrogens (tertiary/aromatic N) is 1. The van der Waals surface area contributed by atoms with Gasteiger partial charge in [-0.1, -0.05) is 32.1 Å². The van der Waals surface area contributed by atoms with E-state index in [9.17, 15) is 0 Å². The summed E-state index contributed by atoms with van der Waals surface area (Å²) in [4.78, 5) is 4.50. The highest BCUT2D eigenvalue weighted by molar-refractivity contribution is 5.71. The van der Waals surface area contributed by atoms with Crippen LogP contribution in [0.15, 0.2) is 30.5 Å². The van der Waals surface area contributed by atoms with Crippen molar-refractivity contribution in [3.05, 3.63) is 41.7 Å². The molecule has 0 amide bonds. The predicted molar refractivity (Wildman–Crippen MR) is 77.4 cm³/mol. The molecule has 1 aromatic rings. The first-order valence-electron chi connectivity index (χ1n) is 6.89. The molecule has 1 atom stereocenters. The third-order valence-corrected chi connectivity index (χ3v) is 3.58. The van der Waals surface area contributed by atoms with Crippen molar-refractivity contribution >= 4 is 11.8 Å². The molecule has 0 saturated carbocycles. The molecule has 1 N–H and O–H groups in total. The van der Waals surface area contributed by atoms with Crippen LogP contribution in [0.2, 0.25) is 0 Å². The molecule has 2 aliphatic rings. The summed E-state index contributed by atoms with van der Waals surface area (Å²) < 4.78 is 6.19. The Morgan fingerprint density at radius 2 is 2.32 bits per heavy atom. The molecule has 0 aromatic carbocycles. The number of nitrogens with one attached hydrogen (secondary N) is 1. The van der Waals surface area contributed by atoms with Gasteiger partial charge in [-0.25, -0.2) is 0 Å². The molecule has 1 aliphatic heterocycles. The van der Waals surface area contributed by atoms with Crippen LogP contribution in [0.25, 0.3) is 11.8 Å². The molecular formula is C16H20N2O. The molecule has 1 unspecified atom stereocenters. The van der Waals surface area contributed by atoms with Crippen LogP contribution in [0.3, 0.4) is 0 Å². The lowest BCUT2D eigenvalue weighted by molar-refractivity contribution is 0.183. The van der Waals surface area contributed by atoms with Crippen molar-refractivity contribution in [2.24, 2.45) is 5.41 Å². The highest BCUT2D eigenvalue weighted by Crippen LogP contribution is 2.33. The van der Waals surface area contributed by atoms with Crippen molar-refractivity contribution in [1.82, 2.24) is 10.3 Å². The molecule has 3 nitrogen and oxygen atoms in total. The maximum absolute atomic E-state index is 6.19. The monoisotopic (exact) mass is 256 g/mol. The van der Waals surface area contributed by atoms with E-state index in [1.165, 1.54) is 0 Å². The van der Waals surface area contributed by atoms with Gasteiger partial charge in [0.05, 0.1) is 0 Å². The molecule has 1 fully saturated rings. The Morgan fingerprint density at radius 3 is 3.11 bits per heavy atom. The summed E-state index contributed by atoms with van der Waals surface area (Å²) in [5.74, 6) is 0.916. The van der Waals surface area contributed by atoms with Crippen molar-refractivity contribution in [2.75, 3.05) is 13.1 Å². The summed E-state index contributed by atoms with van der Waals surface area (Å²) in [5.41, 5.74) is 2.07. The van der Waals surface area contributed by atoms with E-state index in [-0.39, 0.29) is 11.5 Å². The number of pyridine rings is 1. The van der Waals surface area contributed by atoms with E-state index in [0.717, 1.165) is 36.5 Å². The molecule has 3 rings (SSSR count). The Hall–Kier alpha value is -1.61. The van der Waals surface area contributed by atoms with Gasteiger partial charge >= 0.3 is 0 Å². The summed E-state index contributed by atoms with van der Waals surface area (Å²) in [6, 6.07) is 4.06. The standard InChI is InChI=1S/C16H20N2O/c1-16(2)7-5-12-4-3-8-18-15(12)14(10-16)19-13-6-9-17-11-13/h3-5,7-8,10,13,17H,6,9,11H2,1-2H3. The molecule has 0 bridgehead atoms. The highest BCUT2D eigenvalue weighted by atomic mass is 16.5. The Morgan fingerprint density at radius 1 is 1.42 bits per heavy atom. The van der Waals surface area contributed by atoms with Crippen molar-refractivity contribution in [1.29, 1.82) is 0 Å². The van der Waals surface area contributed by atoms with Gasteiger partial charge < -0.3 is 10.1 Å². The molecule has 100 valence electrons. The molecule has 2 heterocycles. The molecule has 3 heteroatoms. The van der Waals surface area contributed by atoms with Crippen LogP contribution in [0.4, 0.5) is 0 Å². The van der Waals surface area contributed by atoms with E-state index in [1.54, 1.807) is 0 Å². The van der Waals surface area contributed by atoms with Gasteiger partial charge in [-0.05, 0) is 25.1 Å². The number of rotatable bonds is 2. The molecule has 1 aromatic heterocycles. The maximum atomic E-state index is 6.19. The smallest absolute Gasteiger partial charge is 0.142 e. The highest BCUT2D eigenvalue weighted by Gasteiger charge is 2.24. The lowest BCUT2D eigenvalue weighted by Gasteiger charge is -2.19. The van der Waals surface area contributed by atoms with E-state index in [1.807, 2.05) is 12.3 Å². The van der Waals surface area contributed by atoms with E-state index in [0.29, 0.717) is 0 Å². The van der Waals surface area contributed by atoms with E-state index < -0.39 is 0 Å². The average Bonchev–Trinajstić information content (AvgIpc) is 2.84. The van der Waals surface area contributed by atoms with Gasteiger partial charge in [0.25, 0.3) is 0 Å². The second kappa shape index (κ2) is 4.82. The quantitative estimate of drug-likeness (QED) is 0.883. The van der Waals surface area contributed by atoms with Crippen LogP contribution in [0.5, 0.6) is 0 Å². The van der Waals surface area contributed by atoms with Crippen molar-refractivity contribution < 1.29 is 4.74 Å². The van der Waals surface area contributed by atoms with Crippen LogP contribution in [0, 0.1) is 5.41 Å². The zero-order valence-electron chi connectivity index (χ0n) is 11.5. The first-order chi connectivity index (χ1) is 9.14. The van der Waals surface area contributed by atoms with Crippen LogP contribution >= 0.6 is 0 Å². The van der Waals surface area contributed by atoms with Gasteiger partial charge in [0.15, 0.2) is 0 Å². The predicted octanol–water partition coefficient (Wildman–Crippen LogP) is 2.85. The van der Waals surface area contributed by atoms with Gasteiger partial charge in [-0.2, -0.15) is 0 Å². The summed E-state index contributed by atoms with van der Waals surface area (Å²) in [5, 5.41) is 3.33. The Bertz CT molecular complexity index is 525. The van der Waals surface area contributed by atoms with Gasteiger partial charge in [0, 0.05) is 23.7 Å². The lowest BCUT2D eigenvalue weighted by Crippen LogP contribution is -2.17. The number of fused-ring (bicyclic) bond motifs is 1. The summed E-state index contributed by atoms with van der Waals surface area (Å²) in [7, 11) is 0. The SMILES string of the molecule is CC1(C)C=Cc2cccnc2C(OC2CCNC2)=C1. The number of aromatic nitrogens is 1. The molecule has 19 heavy (non-hydrogen) atoms. The van der Waals surface area contributed by atoms with E-state index in [2.05, 4.69) is 48.4 Å². The van der Waals surface area contributed by atoms with Crippen LogP contribution in [-0.4, -0.2) is 24.2 Å². The molecule has 0 spiro atoms. The van der Waals surface area contributed by atoms with Crippen LogP contribution in [0.1, 0.15) is 31.5 Å². The molecule has 1 saturated heterocycles. The zero-order chi connectivity index (χ0) is 13.3. The normalized spacial score (nSPS) is 24.5. The zero-order valence-corrected chi connectivity index (χ0v) is 11.5. The number of hydrogen-bond acceptors (Lipinski definition) is 3. The lowest BCUT2D eigenvalue weighted by atomic mass is 9.93. The first-order valence-corrected chi connectivity index (χ1v) is 6.89. The number of hydrogen-bond donors (Lipinski definition) is 1. The number of allylic oxidation sites excluding steroid dienone is 2. The minimum atomic E-state index is -0.0118. The Balaban J connectivity index is 1.97. The topological polar surface area (TPSA) is 34.1 Å². The van der Waals surface area contributed by atoms with Crippen molar-refractivity contribution in [3.8, 4) is 0 Å². The fourth-order valence-corrected chi connectivity index (χ4v) is 2.52. The third-order valence-electron chi connectivity index (χ3n) is 3.58. The number of ether oxygens (including phenoxy) is 1. The van der Waals surface area contributed by atoms with Crippen molar-refractivity contribution in [2.45, 2.75) is 26.4 Å². The fourth-order valence-electron chi connectivity index (χ4n) is 2.52. The Labute approximate surface area is 114 Å². The van der Waals surface area contributed by atoms with Gasteiger partial charge in [-0.15, -0.1) is 0 Å². The van der Waals surface area contributed by atoms with Gasteiger partial charge in [-0.3, -0.25) is 4.98 Å². The van der Waals surface area contributed by atoms with Crippen LogP contribution < -0.4 is 5.32 Å². The van der Waals surface area contributed by atoms with E-state index >= 15 is 0 Å². The molecule has 1 aliphatic carbocycles. The average molecular weight is 256 g/mol. The third kappa shape index (κ3) is 2.71. The fraction of sp³-hybridized carbons (Fsp3) is 0.438. The van der Waals surface area contributed by atoms with Crippen LogP contribution in [-0.2, 0) is 4.74 Å². The summed E-state index contributed by atoms with van der Waals surface area (Å²) >= 11 is 0. The van der Waals surface area contributed by atoms with E-state index in [4.69, 9.17) is 4.74 Å². The van der Waals surface area contributed by atoms with Crippen molar-refractivity contribution in [3.63, 3.8) is 0 Å². The summed E-state index contributed by atoms with van der Waals surface area (Å²) in [6.07, 6.45) is 9.68. The maximum Gasteiger partial charge on any atom is 0.142 e. The minimum absolute atomic E-state index is 0.0118.